The van der Waals surface area contributed by atoms with Gasteiger partial charge in [0.05, 0.1) is 57.9 Å². The summed E-state index contributed by atoms with van der Waals surface area (Å²) in [5.41, 5.74) is 1.01. The predicted octanol–water partition coefficient (Wildman–Crippen LogP) is 12.0. The van der Waals surface area contributed by atoms with Crippen LogP contribution in [-0.4, -0.2) is 85.9 Å². The summed E-state index contributed by atoms with van der Waals surface area (Å²) < 4.78 is 34.4. The number of hydrogen-bond acceptors (Lipinski definition) is 16. The van der Waals surface area contributed by atoms with Gasteiger partial charge < -0.3 is 28.4 Å². The van der Waals surface area contributed by atoms with E-state index in [1.807, 2.05) is 0 Å². The highest BCUT2D eigenvalue weighted by atomic mass is 32.2. The molecule has 17 heteroatoms. The lowest BCUT2D eigenvalue weighted by Gasteiger charge is -2.31. The minimum Gasteiger partial charge on any atom is -0.468 e. The zero-order valence-corrected chi connectivity index (χ0v) is 45.1. The largest absolute Gasteiger partial charge is 0.468 e. The van der Waals surface area contributed by atoms with Crippen molar-refractivity contribution in [3.05, 3.63) is 58.3 Å². The maximum absolute atomic E-state index is 13.8. The van der Waals surface area contributed by atoms with Crippen LogP contribution in [0.5, 0.6) is 11.5 Å². The molecule has 0 atom stereocenters. The number of hydrogen-bond donors (Lipinski definition) is 1. The summed E-state index contributed by atoms with van der Waals surface area (Å²) in [4.78, 5) is 87.2. The molecule has 0 aromatic heterocycles. The lowest BCUT2D eigenvalue weighted by Crippen LogP contribution is -2.30. The molecule has 1 heterocycles. The lowest BCUT2D eigenvalue weighted by molar-refractivity contribution is -0.249. The van der Waals surface area contributed by atoms with Gasteiger partial charge in [0.15, 0.2) is 0 Å². The van der Waals surface area contributed by atoms with Crippen LogP contribution in [0.1, 0.15) is 155 Å². The van der Waals surface area contributed by atoms with E-state index in [1.54, 1.807) is 26.0 Å². The van der Waals surface area contributed by atoms with Crippen molar-refractivity contribution in [2.75, 3.05) is 33.0 Å². The zero-order chi connectivity index (χ0) is 53.0. The SMILES string of the molecule is [C-]#[N+]C(C(=O)OC(C)C)=C1Sc2c(OC(=O)C3CCC(CC(=O)C4CCC(OCCCCOC(=O)C=C)CC4)CC3)ccc(OC(=O)C3CCC(CC(=O)C4CCC(C(=C)CCCOCCOO)CC4)CC3)c2S1. The summed E-state index contributed by atoms with van der Waals surface area (Å²) in [5.74, 6) is -0.646. The minimum atomic E-state index is -0.768. The van der Waals surface area contributed by atoms with Gasteiger partial charge in [0, 0.05) is 44.0 Å². The van der Waals surface area contributed by atoms with Gasteiger partial charge in [-0.15, -0.1) is 0 Å². The zero-order valence-electron chi connectivity index (χ0n) is 43.5. The molecule has 0 bridgehead atoms. The number of unbranched alkanes of at least 4 members (excludes halogenated alkanes) is 1. The van der Waals surface area contributed by atoms with Gasteiger partial charge in [0.25, 0.3) is 5.70 Å². The molecule has 406 valence electrons. The third-order valence-corrected chi connectivity index (χ3v) is 17.9. The van der Waals surface area contributed by atoms with E-state index in [1.165, 1.54) is 5.57 Å². The van der Waals surface area contributed by atoms with Gasteiger partial charge in [-0.3, -0.25) is 29.2 Å². The van der Waals surface area contributed by atoms with E-state index in [9.17, 15) is 28.8 Å². The fraction of sp³-hybridized carbons (Fsp3) is 0.667. The van der Waals surface area contributed by atoms with E-state index < -0.39 is 18.0 Å². The molecule has 4 aliphatic carbocycles. The van der Waals surface area contributed by atoms with E-state index in [4.69, 9.17) is 40.3 Å². The molecular formula is C57H77NO14S2. The molecule has 1 aromatic rings. The maximum Gasteiger partial charge on any atom is 0.338 e. The highest BCUT2D eigenvalue weighted by Crippen LogP contribution is 2.59. The van der Waals surface area contributed by atoms with Gasteiger partial charge in [-0.2, -0.15) is 0 Å². The minimum absolute atomic E-state index is 0.0277. The lowest BCUT2D eigenvalue weighted by atomic mass is 9.73. The number of allylic oxidation sites excluding steroid dienone is 1. The van der Waals surface area contributed by atoms with Crippen LogP contribution in [0.2, 0.25) is 0 Å². The van der Waals surface area contributed by atoms with Crippen LogP contribution < -0.4 is 9.47 Å². The van der Waals surface area contributed by atoms with Gasteiger partial charge in [0.1, 0.15) is 29.7 Å². The number of thioether (sulfide) groups is 2. The number of nitrogens with zero attached hydrogens (tertiary/aromatic N) is 1. The summed E-state index contributed by atoms with van der Waals surface area (Å²) in [6, 6.07) is 3.21. The molecule has 1 aromatic carbocycles. The number of Topliss-reactive ketones (excluding diaryl/α,β-unsaturated/α-hetero) is 2. The van der Waals surface area contributed by atoms with Crippen molar-refractivity contribution in [3.8, 4) is 11.5 Å². The third-order valence-electron chi connectivity index (χ3n) is 15.3. The quantitative estimate of drug-likeness (QED) is 0.0128. The fourth-order valence-corrected chi connectivity index (χ4v) is 13.5. The second kappa shape index (κ2) is 30.4. The van der Waals surface area contributed by atoms with Gasteiger partial charge in [-0.25, -0.2) is 14.5 Å². The molecule has 0 saturated heterocycles. The maximum atomic E-state index is 13.8. The average molecular weight is 1060 g/mol. The highest BCUT2D eigenvalue weighted by Gasteiger charge is 2.37. The standard InChI is InChI=1S/C57H77NO14S2/c1-6-50(61)68-31-8-7-30-67-45-25-23-42(24-26-45)47(60)35-39-13-17-44(18-14-39)55(63)72-49-28-27-48(52-53(49)74-57(73-52)51(58-5)56(64)70-36(2)3)71-54(62)43-15-11-38(12-16-43)34-46(59)41-21-19-40(20-22-41)37(4)10-9-29-66-32-33-69-65/h6,27-28,36,38-45,65H,1,4,7-26,29-35H2,2-3H3. The van der Waals surface area contributed by atoms with Crippen LogP contribution in [0.3, 0.4) is 0 Å². The molecule has 74 heavy (non-hydrogen) atoms. The summed E-state index contributed by atoms with van der Waals surface area (Å²) in [6.07, 6.45) is 17.5. The van der Waals surface area contributed by atoms with Crippen LogP contribution in [0.4, 0.5) is 0 Å². The van der Waals surface area contributed by atoms with Crippen molar-refractivity contribution < 1.29 is 67.3 Å². The summed E-state index contributed by atoms with van der Waals surface area (Å²) in [6.45, 7) is 21.0. The second-order valence-electron chi connectivity index (χ2n) is 20.9. The number of ketones is 2. The Labute approximate surface area is 445 Å². The molecule has 4 saturated carbocycles. The highest BCUT2D eigenvalue weighted by molar-refractivity contribution is 8.24. The van der Waals surface area contributed by atoms with E-state index in [0.29, 0.717) is 96.5 Å². The molecule has 0 amide bonds. The number of benzene rings is 1. The Hall–Kier alpha value is -4.31. The molecule has 0 unspecified atom stereocenters. The van der Waals surface area contributed by atoms with Gasteiger partial charge in [0.2, 0.25) is 0 Å². The summed E-state index contributed by atoms with van der Waals surface area (Å²) in [5, 5.41) is 8.42. The van der Waals surface area contributed by atoms with E-state index in [0.717, 1.165) is 132 Å². The van der Waals surface area contributed by atoms with Crippen molar-refractivity contribution in [2.45, 2.75) is 177 Å². The summed E-state index contributed by atoms with van der Waals surface area (Å²) in [7, 11) is 0. The molecule has 1 N–H and O–H groups in total. The first-order valence-corrected chi connectivity index (χ1v) is 28.7. The van der Waals surface area contributed by atoms with E-state index >= 15 is 0 Å². The molecule has 15 nitrogen and oxygen atoms in total. The number of ether oxygens (including phenoxy) is 6. The van der Waals surface area contributed by atoms with Crippen molar-refractivity contribution in [1.29, 1.82) is 0 Å². The van der Waals surface area contributed by atoms with Crippen LogP contribution in [0.25, 0.3) is 4.85 Å². The summed E-state index contributed by atoms with van der Waals surface area (Å²) >= 11 is 2.23. The average Bonchev–Trinajstić information content (AvgIpc) is 3.85. The molecular weight excluding hydrogens is 987 g/mol. The first kappa shape index (κ1) is 58.9. The third kappa shape index (κ3) is 17.9. The van der Waals surface area contributed by atoms with Crippen LogP contribution >= 0.6 is 23.5 Å². The number of esters is 4. The molecule has 1 aliphatic heterocycles. The first-order chi connectivity index (χ1) is 35.8. The number of carbonyl (C=O) groups is 6. The number of carbonyl (C=O) groups excluding carboxylic acids is 6. The predicted molar refractivity (Wildman–Crippen MR) is 280 cm³/mol. The van der Waals surface area contributed by atoms with Gasteiger partial charge >= 0.3 is 23.9 Å². The molecule has 5 aliphatic rings. The Bertz CT molecular complexity index is 2190. The number of rotatable bonds is 27. The van der Waals surface area contributed by atoms with E-state index in [2.05, 4.69) is 22.9 Å². The van der Waals surface area contributed by atoms with Crippen molar-refractivity contribution in [1.82, 2.24) is 0 Å². The molecule has 0 radical (unpaired) electrons. The van der Waals surface area contributed by atoms with Crippen LogP contribution in [0.15, 0.2) is 56.7 Å². The number of fused-ring (bicyclic) bond motifs is 1. The Morgan fingerprint density at radius 2 is 1.18 bits per heavy atom. The van der Waals surface area contributed by atoms with E-state index in [-0.39, 0.29) is 77.4 Å². The molecule has 0 spiro atoms. The Kier molecular flexibility index (Phi) is 24.2. The monoisotopic (exact) mass is 1060 g/mol. The Balaban J connectivity index is 0.966. The smallest absolute Gasteiger partial charge is 0.338 e. The Morgan fingerprint density at radius 3 is 1.68 bits per heavy atom. The fourth-order valence-electron chi connectivity index (χ4n) is 11.0. The second-order valence-corrected chi connectivity index (χ2v) is 23.2. The van der Waals surface area contributed by atoms with Crippen LogP contribution in [-0.2, 0) is 52.6 Å². The van der Waals surface area contributed by atoms with Crippen molar-refractivity contribution in [2.24, 2.45) is 41.4 Å². The van der Waals surface area contributed by atoms with Gasteiger partial charge in [-0.05, 0) is 172 Å². The first-order valence-electron chi connectivity index (χ1n) is 27.0. The molecule has 4 fully saturated rings. The van der Waals surface area contributed by atoms with Crippen molar-refractivity contribution in [3.63, 3.8) is 0 Å². The molecule has 6 rings (SSSR count). The van der Waals surface area contributed by atoms with Gasteiger partial charge in [-0.1, -0.05) is 42.3 Å². The van der Waals surface area contributed by atoms with Crippen molar-refractivity contribution >= 4 is 59.0 Å². The Morgan fingerprint density at radius 1 is 0.676 bits per heavy atom. The topological polar surface area (TPSA) is 192 Å². The normalized spacial score (nSPS) is 25.4. The van der Waals surface area contributed by atoms with Crippen LogP contribution in [0, 0.1) is 48.0 Å².